The fraction of sp³-hybridized carbons (Fsp3) is 0.545. The predicted octanol–water partition coefficient (Wildman–Crippen LogP) is 1.34. The van der Waals surface area contributed by atoms with E-state index >= 15 is 0 Å². The number of hydrogen-bond acceptors (Lipinski definition) is 4. The third kappa shape index (κ3) is 3.03. The van der Waals surface area contributed by atoms with Crippen LogP contribution in [0.2, 0.25) is 0 Å². The van der Waals surface area contributed by atoms with E-state index in [9.17, 15) is 9.59 Å². The van der Waals surface area contributed by atoms with Crippen LogP contribution in [0, 0.1) is 5.92 Å². The van der Waals surface area contributed by atoms with Crippen LogP contribution in [0.15, 0.2) is 11.6 Å². The lowest BCUT2D eigenvalue weighted by Crippen LogP contribution is -2.40. The number of amides is 2. The minimum atomic E-state index is -0.00509. The van der Waals surface area contributed by atoms with Crippen molar-refractivity contribution in [1.29, 1.82) is 0 Å². The molecule has 0 saturated carbocycles. The molecule has 1 saturated heterocycles. The summed E-state index contributed by atoms with van der Waals surface area (Å²) in [5.74, 6) is 0.0985. The summed E-state index contributed by atoms with van der Waals surface area (Å²) in [4.78, 5) is 28.8. The van der Waals surface area contributed by atoms with Crippen molar-refractivity contribution in [3.8, 4) is 0 Å². The van der Waals surface area contributed by atoms with Gasteiger partial charge >= 0.3 is 0 Å². The van der Waals surface area contributed by atoms with E-state index in [0.29, 0.717) is 18.2 Å². The summed E-state index contributed by atoms with van der Waals surface area (Å²) in [6.07, 6.45) is 3.13. The van der Waals surface area contributed by atoms with Crippen molar-refractivity contribution in [2.75, 3.05) is 18.4 Å². The molecule has 0 aromatic carbocycles. The van der Waals surface area contributed by atoms with Crippen molar-refractivity contribution in [1.82, 2.24) is 9.88 Å². The molecule has 2 heterocycles. The first-order valence-electron chi connectivity index (χ1n) is 5.62. The maximum Gasteiger partial charge on any atom is 0.229 e. The van der Waals surface area contributed by atoms with Crippen molar-refractivity contribution in [3.63, 3.8) is 0 Å². The largest absolute Gasteiger partial charge is 0.343 e. The predicted molar refractivity (Wildman–Crippen MR) is 65.7 cm³/mol. The van der Waals surface area contributed by atoms with E-state index < -0.39 is 0 Å². The molecule has 0 spiro atoms. The fourth-order valence-electron chi connectivity index (χ4n) is 1.95. The van der Waals surface area contributed by atoms with Gasteiger partial charge in [-0.1, -0.05) is 0 Å². The molecule has 1 aromatic rings. The lowest BCUT2D eigenvalue weighted by Gasteiger charge is -2.30. The zero-order valence-electron chi connectivity index (χ0n) is 9.68. The van der Waals surface area contributed by atoms with E-state index in [0.717, 1.165) is 12.8 Å². The fourth-order valence-corrected chi connectivity index (χ4v) is 2.48. The van der Waals surface area contributed by atoms with Gasteiger partial charge in [0.15, 0.2) is 5.13 Å². The van der Waals surface area contributed by atoms with E-state index in [1.165, 1.54) is 11.3 Å². The number of carbonyl (C=O) groups excluding carboxylic acids is 2. The molecule has 5 nitrogen and oxygen atoms in total. The average Bonchev–Trinajstić information content (AvgIpc) is 2.82. The molecular weight excluding hydrogens is 238 g/mol. The van der Waals surface area contributed by atoms with Gasteiger partial charge in [-0.05, 0) is 12.8 Å². The monoisotopic (exact) mass is 253 g/mol. The Labute approximate surface area is 104 Å². The number of carbonyl (C=O) groups is 2. The molecule has 1 aromatic heterocycles. The Morgan fingerprint density at radius 2 is 2.18 bits per heavy atom. The first-order chi connectivity index (χ1) is 8.16. The van der Waals surface area contributed by atoms with E-state index in [1.54, 1.807) is 18.0 Å². The van der Waals surface area contributed by atoms with Crippen LogP contribution in [0.5, 0.6) is 0 Å². The number of likely N-dealkylation sites (tertiary alicyclic amines) is 1. The van der Waals surface area contributed by atoms with E-state index in [4.69, 9.17) is 0 Å². The van der Waals surface area contributed by atoms with Gasteiger partial charge in [-0.15, -0.1) is 11.3 Å². The second kappa shape index (κ2) is 5.27. The van der Waals surface area contributed by atoms with Gasteiger partial charge in [-0.2, -0.15) is 0 Å². The SMILES string of the molecule is CC(=O)N1CCC(C(=O)Nc2nccs2)CC1. The smallest absolute Gasteiger partial charge is 0.229 e. The highest BCUT2D eigenvalue weighted by atomic mass is 32.1. The van der Waals surface area contributed by atoms with Gasteiger partial charge in [0.25, 0.3) is 0 Å². The first-order valence-corrected chi connectivity index (χ1v) is 6.50. The Morgan fingerprint density at radius 3 is 2.71 bits per heavy atom. The Bertz CT molecular complexity index is 397. The summed E-state index contributed by atoms with van der Waals surface area (Å²) in [7, 11) is 0. The number of anilines is 1. The van der Waals surface area contributed by atoms with Gasteiger partial charge in [0.05, 0.1) is 0 Å². The molecule has 17 heavy (non-hydrogen) atoms. The standard InChI is InChI=1S/C11H15N3O2S/c1-8(15)14-5-2-9(3-6-14)10(16)13-11-12-4-7-17-11/h4,7,9H,2-3,5-6H2,1H3,(H,12,13,16). The van der Waals surface area contributed by atoms with Gasteiger partial charge in [0.2, 0.25) is 11.8 Å². The number of hydrogen-bond donors (Lipinski definition) is 1. The lowest BCUT2D eigenvalue weighted by atomic mass is 9.96. The quantitative estimate of drug-likeness (QED) is 0.865. The van der Waals surface area contributed by atoms with Crippen LogP contribution in [-0.2, 0) is 9.59 Å². The number of piperidine rings is 1. The van der Waals surface area contributed by atoms with Crippen LogP contribution in [0.3, 0.4) is 0 Å². The highest BCUT2D eigenvalue weighted by Crippen LogP contribution is 2.20. The van der Waals surface area contributed by atoms with Gasteiger partial charge in [0, 0.05) is 37.5 Å². The summed E-state index contributed by atoms with van der Waals surface area (Å²) < 4.78 is 0. The zero-order valence-corrected chi connectivity index (χ0v) is 10.5. The van der Waals surface area contributed by atoms with E-state index in [-0.39, 0.29) is 17.7 Å². The normalized spacial score (nSPS) is 16.9. The van der Waals surface area contributed by atoms with Crippen LogP contribution in [0.4, 0.5) is 5.13 Å². The van der Waals surface area contributed by atoms with Crippen LogP contribution < -0.4 is 5.32 Å². The Kier molecular flexibility index (Phi) is 3.73. The summed E-state index contributed by atoms with van der Waals surface area (Å²) in [5, 5.41) is 5.27. The Balaban J connectivity index is 1.84. The third-order valence-corrected chi connectivity index (χ3v) is 3.66. The third-order valence-electron chi connectivity index (χ3n) is 2.97. The molecule has 1 aliphatic heterocycles. The lowest BCUT2D eigenvalue weighted by molar-refractivity contribution is -0.132. The highest BCUT2D eigenvalue weighted by molar-refractivity contribution is 7.13. The maximum absolute atomic E-state index is 11.9. The van der Waals surface area contributed by atoms with Gasteiger partial charge in [0.1, 0.15) is 0 Å². The van der Waals surface area contributed by atoms with Crippen molar-refractivity contribution in [2.45, 2.75) is 19.8 Å². The van der Waals surface area contributed by atoms with Crippen LogP contribution in [0.1, 0.15) is 19.8 Å². The number of rotatable bonds is 2. The summed E-state index contributed by atoms with van der Waals surface area (Å²) >= 11 is 1.41. The maximum atomic E-state index is 11.9. The second-order valence-electron chi connectivity index (χ2n) is 4.11. The number of nitrogens with one attached hydrogen (secondary N) is 1. The number of nitrogens with zero attached hydrogens (tertiary/aromatic N) is 2. The highest BCUT2D eigenvalue weighted by Gasteiger charge is 2.26. The number of thiazole rings is 1. The van der Waals surface area contributed by atoms with Crippen LogP contribution in [0.25, 0.3) is 0 Å². The molecule has 0 unspecified atom stereocenters. The van der Waals surface area contributed by atoms with Crippen molar-refractivity contribution >= 4 is 28.3 Å². The topological polar surface area (TPSA) is 62.3 Å². The average molecular weight is 253 g/mol. The molecule has 0 radical (unpaired) electrons. The Hall–Kier alpha value is -1.43. The van der Waals surface area contributed by atoms with Crippen LogP contribution in [-0.4, -0.2) is 34.8 Å². The molecule has 1 N–H and O–H groups in total. The summed E-state index contributed by atoms with van der Waals surface area (Å²) in [6.45, 7) is 2.91. The van der Waals surface area contributed by atoms with Gasteiger partial charge in [-0.3, -0.25) is 9.59 Å². The minimum Gasteiger partial charge on any atom is -0.343 e. The summed E-state index contributed by atoms with van der Waals surface area (Å²) in [5.41, 5.74) is 0. The van der Waals surface area contributed by atoms with Crippen LogP contribution >= 0.6 is 11.3 Å². The van der Waals surface area contributed by atoms with E-state index in [1.807, 2.05) is 5.38 Å². The van der Waals surface area contributed by atoms with Gasteiger partial charge in [-0.25, -0.2) is 4.98 Å². The molecule has 0 atom stereocenters. The Morgan fingerprint density at radius 1 is 1.47 bits per heavy atom. The molecule has 1 aliphatic rings. The van der Waals surface area contributed by atoms with Crippen molar-refractivity contribution < 1.29 is 9.59 Å². The molecule has 0 bridgehead atoms. The second-order valence-corrected chi connectivity index (χ2v) is 5.00. The van der Waals surface area contributed by atoms with Crippen molar-refractivity contribution in [3.05, 3.63) is 11.6 Å². The van der Waals surface area contributed by atoms with Gasteiger partial charge < -0.3 is 10.2 Å². The molecule has 2 amide bonds. The molecule has 0 aliphatic carbocycles. The summed E-state index contributed by atoms with van der Waals surface area (Å²) in [6, 6.07) is 0. The first kappa shape index (κ1) is 12.0. The molecule has 1 fully saturated rings. The molecule has 92 valence electrons. The zero-order chi connectivity index (χ0) is 12.3. The molecule has 6 heteroatoms. The minimum absolute atomic E-state index is 0.00509. The van der Waals surface area contributed by atoms with Crippen molar-refractivity contribution in [2.24, 2.45) is 5.92 Å². The molecule has 2 rings (SSSR count). The number of aromatic nitrogens is 1. The van der Waals surface area contributed by atoms with E-state index in [2.05, 4.69) is 10.3 Å². The molecular formula is C11H15N3O2S.